The van der Waals surface area contributed by atoms with Gasteiger partial charge in [-0.1, -0.05) is 12.1 Å². The Kier molecular flexibility index (Phi) is 11.4. The highest BCUT2D eigenvalue weighted by Gasteiger charge is 2.18. The first-order valence-corrected chi connectivity index (χ1v) is 12.1. The average molecular weight is 511 g/mol. The summed E-state index contributed by atoms with van der Waals surface area (Å²) in [4.78, 5) is 26.0. The zero-order valence-electron chi connectivity index (χ0n) is 22.6. The third-order valence-corrected chi connectivity index (χ3v) is 6.23. The molecule has 0 aliphatic carbocycles. The zero-order chi connectivity index (χ0) is 27.5. The van der Waals surface area contributed by atoms with Crippen LogP contribution in [0.3, 0.4) is 0 Å². The number of rotatable bonds is 14. The predicted octanol–water partition coefficient (Wildman–Crippen LogP) is 4.19. The van der Waals surface area contributed by atoms with Crippen molar-refractivity contribution in [3.63, 3.8) is 0 Å². The van der Waals surface area contributed by atoms with Crippen molar-refractivity contribution in [3.8, 4) is 23.0 Å². The van der Waals surface area contributed by atoms with Crippen LogP contribution in [0.5, 0.6) is 23.0 Å². The van der Waals surface area contributed by atoms with Gasteiger partial charge >= 0.3 is 0 Å². The van der Waals surface area contributed by atoms with Gasteiger partial charge in [-0.15, -0.1) is 0 Å². The number of hydrogen-bond donors (Lipinski definition) is 2. The second-order valence-electron chi connectivity index (χ2n) is 8.53. The molecule has 4 N–H and O–H groups in total. The number of methoxy groups -OCH3 is 2. The fourth-order valence-electron chi connectivity index (χ4n) is 3.64. The van der Waals surface area contributed by atoms with Gasteiger partial charge in [0.05, 0.1) is 20.6 Å². The van der Waals surface area contributed by atoms with Crippen molar-refractivity contribution in [2.45, 2.75) is 34.1 Å². The summed E-state index contributed by atoms with van der Waals surface area (Å²) in [6.45, 7) is 8.68. The number of allylic oxidation sites excluding steroid dienone is 4. The maximum absolute atomic E-state index is 13.0. The Bertz CT molecular complexity index is 1090. The molecule has 0 amide bonds. The van der Waals surface area contributed by atoms with Crippen LogP contribution in [0.2, 0.25) is 0 Å². The van der Waals surface area contributed by atoms with Crippen molar-refractivity contribution in [2.75, 3.05) is 40.5 Å². The normalized spacial score (nSPS) is 12.3. The van der Waals surface area contributed by atoms with Crippen LogP contribution in [-0.4, -0.2) is 52.1 Å². The maximum atomic E-state index is 13.0. The summed E-state index contributed by atoms with van der Waals surface area (Å²) in [5, 5.41) is 0. The van der Waals surface area contributed by atoms with Gasteiger partial charge in [0, 0.05) is 13.1 Å². The molecule has 0 unspecified atom stereocenters. The van der Waals surface area contributed by atoms with Gasteiger partial charge in [0.15, 0.2) is 34.6 Å². The third-order valence-electron chi connectivity index (χ3n) is 6.23. The van der Waals surface area contributed by atoms with Gasteiger partial charge in [-0.3, -0.25) is 9.59 Å². The van der Waals surface area contributed by atoms with E-state index in [9.17, 15) is 9.59 Å². The van der Waals surface area contributed by atoms with E-state index in [1.54, 1.807) is 40.2 Å². The Balaban J connectivity index is 2.23. The average Bonchev–Trinajstić information content (AvgIpc) is 2.92. The summed E-state index contributed by atoms with van der Waals surface area (Å²) in [7, 11) is 3.11. The van der Waals surface area contributed by atoms with Crippen LogP contribution >= 0.6 is 0 Å². The summed E-state index contributed by atoms with van der Waals surface area (Å²) in [5.74, 6) is 1.78. The lowest BCUT2D eigenvalue weighted by atomic mass is 9.93. The predicted molar refractivity (Wildman–Crippen MR) is 146 cm³/mol. The monoisotopic (exact) mass is 510 g/mol. The smallest absolute Gasteiger partial charge is 0.166 e. The SMILES string of the molecule is COc1cc(/C(C)=C(\C)C(=O)CC(=O)/C(C)=C(\C)c2ccc(OCCN)c(OC)c2)ccc1OCCN. The Labute approximate surface area is 219 Å². The molecule has 0 aliphatic rings. The van der Waals surface area contributed by atoms with Gasteiger partial charge in [0.1, 0.15) is 13.2 Å². The van der Waals surface area contributed by atoms with Gasteiger partial charge in [0.25, 0.3) is 0 Å². The maximum Gasteiger partial charge on any atom is 0.166 e. The first-order chi connectivity index (χ1) is 17.7. The molecule has 0 spiro atoms. The minimum absolute atomic E-state index is 0.226. The van der Waals surface area contributed by atoms with Crippen LogP contribution in [0.4, 0.5) is 0 Å². The Morgan fingerprint density at radius 2 is 1.03 bits per heavy atom. The van der Waals surface area contributed by atoms with Crippen molar-refractivity contribution in [3.05, 3.63) is 58.7 Å². The number of benzene rings is 2. The molecule has 0 aliphatic heterocycles. The number of carbonyl (C=O) groups excluding carboxylic acids is 2. The summed E-state index contributed by atoms with van der Waals surface area (Å²) < 4.78 is 22.0. The lowest BCUT2D eigenvalue weighted by molar-refractivity contribution is -0.122. The number of Topliss-reactive ketones (excluding diaryl/α,β-unsaturated/α-hetero) is 2. The molecule has 0 saturated heterocycles. The van der Waals surface area contributed by atoms with Crippen LogP contribution < -0.4 is 30.4 Å². The van der Waals surface area contributed by atoms with Crippen LogP contribution in [0.1, 0.15) is 45.2 Å². The van der Waals surface area contributed by atoms with Gasteiger partial charge in [0.2, 0.25) is 0 Å². The standard InChI is InChI=1S/C29H38N2O6/c1-18(22-7-9-26(36-13-11-30)28(15-22)34-5)20(3)24(32)17-25(33)21(4)19(2)23-8-10-27(37-14-12-31)29(16-23)35-6/h7-10,15-16H,11-14,17,30-31H2,1-6H3/b20-18+,21-19+. The fourth-order valence-corrected chi connectivity index (χ4v) is 3.64. The molecule has 200 valence electrons. The number of ether oxygens (including phenoxy) is 4. The molecule has 2 aromatic rings. The van der Waals surface area contributed by atoms with Gasteiger partial charge in [-0.25, -0.2) is 0 Å². The van der Waals surface area contributed by atoms with Gasteiger partial charge < -0.3 is 30.4 Å². The van der Waals surface area contributed by atoms with E-state index in [1.165, 1.54) is 0 Å². The Morgan fingerprint density at radius 3 is 1.35 bits per heavy atom. The van der Waals surface area contributed by atoms with E-state index in [0.29, 0.717) is 60.4 Å². The Morgan fingerprint density at radius 1 is 0.649 bits per heavy atom. The number of ketones is 2. The summed E-state index contributed by atoms with van der Waals surface area (Å²) in [6, 6.07) is 10.9. The number of carbonyl (C=O) groups is 2. The van der Waals surface area contributed by atoms with E-state index in [-0.39, 0.29) is 18.0 Å². The van der Waals surface area contributed by atoms with E-state index in [0.717, 1.165) is 22.3 Å². The Hall–Kier alpha value is -3.62. The van der Waals surface area contributed by atoms with Crippen molar-refractivity contribution < 1.29 is 28.5 Å². The molecule has 0 bridgehead atoms. The molecule has 0 fully saturated rings. The molecule has 8 heteroatoms. The number of nitrogens with two attached hydrogens (primary N) is 2. The zero-order valence-corrected chi connectivity index (χ0v) is 22.6. The molecule has 37 heavy (non-hydrogen) atoms. The van der Waals surface area contributed by atoms with E-state index in [1.807, 2.05) is 38.1 Å². The van der Waals surface area contributed by atoms with Gasteiger partial charge in [-0.05, 0) is 85.4 Å². The van der Waals surface area contributed by atoms with Gasteiger partial charge in [-0.2, -0.15) is 0 Å². The van der Waals surface area contributed by atoms with Crippen LogP contribution in [0.25, 0.3) is 11.1 Å². The first kappa shape index (κ1) is 29.6. The molecular weight excluding hydrogens is 472 g/mol. The molecule has 0 atom stereocenters. The lowest BCUT2D eigenvalue weighted by Crippen LogP contribution is -2.12. The van der Waals surface area contributed by atoms with Crippen molar-refractivity contribution in [1.82, 2.24) is 0 Å². The van der Waals surface area contributed by atoms with Crippen molar-refractivity contribution in [2.24, 2.45) is 11.5 Å². The second-order valence-corrected chi connectivity index (χ2v) is 8.53. The third kappa shape index (κ3) is 7.68. The van der Waals surface area contributed by atoms with Crippen LogP contribution in [0, 0.1) is 0 Å². The van der Waals surface area contributed by atoms with Crippen LogP contribution in [0.15, 0.2) is 47.5 Å². The molecule has 0 saturated carbocycles. The lowest BCUT2D eigenvalue weighted by Gasteiger charge is -2.14. The topological polar surface area (TPSA) is 123 Å². The molecule has 0 aromatic heterocycles. The molecule has 2 rings (SSSR count). The summed E-state index contributed by atoms with van der Waals surface area (Å²) in [6.07, 6.45) is -0.226. The highest BCUT2D eigenvalue weighted by Crippen LogP contribution is 2.33. The highest BCUT2D eigenvalue weighted by atomic mass is 16.5. The van der Waals surface area contributed by atoms with E-state index >= 15 is 0 Å². The quantitative estimate of drug-likeness (QED) is 0.286. The number of hydrogen-bond acceptors (Lipinski definition) is 8. The van der Waals surface area contributed by atoms with E-state index < -0.39 is 0 Å². The van der Waals surface area contributed by atoms with Crippen molar-refractivity contribution in [1.29, 1.82) is 0 Å². The van der Waals surface area contributed by atoms with E-state index in [4.69, 9.17) is 30.4 Å². The minimum atomic E-state index is -0.236. The minimum Gasteiger partial charge on any atom is -0.493 e. The molecule has 0 heterocycles. The molecular formula is C29H38N2O6. The highest BCUT2D eigenvalue weighted by molar-refractivity contribution is 6.16. The van der Waals surface area contributed by atoms with E-state index in [2.05, 4.69) is 0 Å². The summed E-state index contributed by atoms with van der Waals surface area (Å²) >= 11 is 0. The first-order valence-electron chi connectivity index (χ1n) is 12.1. The molecule has 2 aromatic carbocycles. The fraction of sp³-hybridized carbons (Fsp3) is 0.379. The molecule has 8 nitrogen and oxygen atoms in total. The van der Waals surface area contributed by atoms with Crippen LogP contribution in [-0.2, 0) is 9.59 Å². The van der Waals surface area contributed by atoms with Crippen molar-refractivity contribution >= 4 is 22.7 Å². The second kappa shape index (κ2) is 14.2. The summed E-state index contributed by atoms with van der Waals surface area (Å²) in [5.41, 5.74) is 15.2. The largest absolute Gasteiger partial charge is 0.493 e. The molecule has 0 radical (unpaired) electrons.